The Morgan fingerprint density at radius 3 is 1.96 bits per heavy atom. The molecule has 152 valence electrons. The van der Waals surface area contributed by atoms with Crippen LogP contribution >= 0.6 is 0 Å². The van der Waals surface area contributed by atoms with Gasteiger partial charge in [-0.15, -0.1) is 0 Å². The summed E-state index contributed by atoms with van der Waals surface area (Å²) in [6.45, 7) is 6.84. The SMILES string of the molecule is C.C.CC(N)COCCOC(C)COCC(C)CCCF.FCF. The van der Waals surface area contributed by atoms with Crippen LogP contribution < -0.4 is 5.73 Å². The summed E-state index contributed by atoms with van der Waals surface area (Å²) in [5.74, 6) is 0.400. The second-order valence-electron chi connectivity index (χ2n) is 5.31. The first-order valence-corrected chi connectivity index (χ1v) is 7.68. The van der Waals surface area contributed by atoms with Crippen molar-refractivity contribution in [3.05, 3.63) is 0 Å². The first-order valence-electron chi connectivity index (χ1n) is 7.68. The molecule has 3 unspecified atom stereocenters. The van der Waals surface area contributed by atoms with Crippen LogP contribution in [0.25, 0.3) is 0 Å². The quantitative estimate of drug-likeness (QED) is 0.495. The number of halogens is 3. The van der Waals surface area contributed by atoms with Crippen molar-refractivity contribution in [3.63, 3.8) is 0 Å². The molecule has 0 aliphatic carbocycles. The summed E-state index contributed by atoms with van der Waals surface area (Å²) in [5.41, 5.74) is 5.55. The summed E-state index contributed by atoms with van der Waals surface area (Å²) in [7, 11) is 0. The van der Waals surface area contributed by atoms with Gasteiger partial charge >= 0.3 is 0 Å². The molecule has 0 bridgehead atoms. The van der Waals surface area contributed by atoms with Gasteiger partial charge in [0.25, 0.3) is 0 Å². The Labute approximate surface area is 147 Å². The van der Waals surface area contributed by atoms with Crippen LogP contribution in [0.5, 0.6) is 0 Å². The van der Waals surface area contributed by atoms with Crippen molar-refractivity contribution in [1.82, 2.24) is 0 Å². The largest absolute Gasteiger partial charge is 0.378 e. The van der Waals surface area contributed by atoms with E-state index in [2.05, 4.69) is 6.92 Å². The summed E-state index contributed by atoms with van der Waals surface area (Å²) in [6, 6.07) is 0.0616. The number of hydrogen-bond donors (Lipinski definition) is 1. The monoisotopic (exact) mass is 363 g/mol. The molecule has 0 amide bonds. The van der Waals surface area contributed by atoms with E-state index in [1.165, 1.54) is 0 Å². The predicted molar refractivity (Wildman–Crippen MR) is 95.6 cm³/mol. The van der Waals surface area contributed by atoms with E-state index in [-0.39, 0.29) is 33.7 Å². The van der Waals surface area contributed by atoms with E-state index < -0.39 is 6.93 Å². The van der Waals surface area contributed by atoms with Gasteiger partial charge in [-0.25, -0.2) is 8.78 Å². The molecule has 0 spiro atoms. The molecule has 0 radical (unpaired) electrons. The third-order valence-electron chi connectivity index (χ3n) is 2.60. The highest BCUT2D eigenvalue weighted by Gasteiger charge is 2.06. The lowest BCUT2D eigenvalue weighted by Crippen LogP contribution is -2.24. The molecular weight excluding hydrogens is 323 g/mol. The van der Waals surface area contributed by atoms with E-state index in [9.17, 15) is 13.2 Å². The summed E-state index contributed by atoms with van der Waals surface area (Å²) >= 11 is 0. The van der Waals surface area contributed by atoms with Crippen molar-refractivity contribution in [1.29, 1.82) is 0 Å². The van der Waals surface area contributed by atoms with Crippen molar-refractivity contribution < 1.29 is 27.4 Å². The van der Waals surface area contributed by atoms with Crippen molar-refractivity contribution in [2.75, 3.05) is 46.6 Å². The zero-order valence-electron chi connectivity index (χ0n) is 14.0. The van der Waals surface area contributed by atoms with Crippen LogP contribution in [0.15, 0.2) is 0 Å². The molecule has 0 aromatic carbocycles. The molecule has 0 saturated carbocycles. The number of nitrogens with two attached hydrogens (primary N) is 1. The number of hydrogen-bond acceptors (Lipinski definition) is 4. The molecule has 3 atom stereocenters. The summed E-state index contributed by atoms with van der Waals surface area (Å²) in [5, 5.41) is 0. The minimum atomic E-state index is -1.75. The molecule has 2 N–H and O–H groups in total. The van der Waals surface area contributed by atoms with Gasteiger partial charge in [-0.1, -0.05) is 21.8 Å². The van der Waals surface area contributed by atoms with E-state index in [1.54, 1.807) is 0 Å². The standard InChI is InChI=1S/C14H30FNO3.CH2F2.2CH4/c1-12(5-4-6-15)9-18-11-14(3)19-8-7-17-10-13(2)16;2-1-3;;/h12-14H,4-11,16H2,1-3H3;1H2;2*1H4. The van der Waals surface area contributed by atoms with Crippen LogP contribution in [0.2, 0.25) is 0 Å². The molecule has 0 saturated heterocycles. The summed E-state index contributed by atoms with van der Waals surface area (Å²) in [4.78, 5) is 0. The number of ether oxygens (including phenoxy) is 3. The van der Waals surface area contributed by atoms with Crippen LogP contribution in [-0.4, -0.2) is 58.8 Å². The van der Waals surface area contributed by atoms with Gasteiger partial charge in [0.2, 0.25) is 6.93 Å². The maximum absolute atomic E-state index is 12.0. The van der Waals surface area contributed by atoms with Crippen LogP contribution in [0.1, 0.15) is 48.5 Å². The smallest absolute Gasteiger partial charge is 0.229 e. The fourth-order valence-corrected chi connectivity index (χ4v) is 1.57. The maximum atomic E-state index is 12.0. The van der Waals surface area contributed by atoms with Crippen LogP contribution in [0, 0.1) is 5.92 Å². The van der Waals surface area contributed by atoms with E-state index in [4.69, 9.17) is 19.9 Å². The molecule has 0 aliphatic heterocycles. The zero-order chi connectivity index (χ0) is 17.2. The van der Waals surface area contributed by atoms with Gasteiger partial charge in [0.15, 0.2) is 0 Å². The molecule has 4 nitrogen and oxygen atoms in total. The fraction of sp³-hybridized carbons (Fsp3) is 1.00. The Balaban J connectivity index is -0.000000370. The molecule has 24 heavy (non-hydrogen) atoms. The number of alkyl halides is 3. The average Bonchev–Trinajstić information content (AvgIpc) is 2.45. The summed E-state index contributed by atoms with van der Waals surface area (Å²) in [6.07, 6.45) is 1.54. The lowest BCUT2D eigenvalue weighted by atomic mass is 10.1. The van der Waals surface area contributed by atoms with E-state index in [0.29, 0.717) is 45.4 Å². The molecule has 0 aliphatic rings. The second kappa shape index (κ2) is 24.9. The Kier molecular flexibility index (Phi) is 32.6. The highest BCUT2D eigenvalue weighted by molar-refractivity contribution is 4.54. The van der Waals surface area contributed by atoms with E-state index >= 15 is 0 Å². The van der Waals surface area contributed by atoms with Crippen LogP contribution in [0.4, 0.5) is 13.2 Å². The fourth-order valence-electron chi connectivity index (χ4n) is 1.57. The Morgan fingerprint density at radius 2 is 1.46 bits per heavy atom. The zero-order valence-corrected chi connectivity index (χ0v) is 14.0. The second-order valence-corrected chi connectivity index (χ2v) is 5.31. The van der Waals surface area contributed by atoms with Crippen molar-refractivity contribution in [2.24, 2.45) is 11.7 Å². The maximum Gasteiger partial charge on any atom is 0.229 e. The van der Waals surface area contributed by atoms with Gasteiger partial charge in [-0.3, -0.25) is 4.39 Å². The Hall–Kier alpha value is -0.370. The van der Waals surface area contributed by atoms with Crippen molar-refractivity contribution in [2.45, 2.75) is 60.6 Å². The highest BCUT2D eigenvalue weighted by Crippen LogP contribution is 2.06. The van der Waals surface area contributed by atoms with E-state index in [0.717, 1.165) is 6.42 Å². The summed E-state index contributed by atoms with van der Waals surface area (Å²) < 4.78 is 47.6. The molecule has 0 rings (SSSR count). The minimum absolute atomic E-state index is 0. The van der Waals surface area contributed by atoms with Crippen molar-refractivity contribution in [3.8, 4) is 0 Å². The molecule has 0 fully saturated rings. The normalized spacial score (nSPS) is 13.6. The predicted octanol–water partition coefficient (Wildman–Crippen LogP) is 4.31. The molecule has 0 aromatic rings. The van der Waals surface area contributed by atoms with Gasteiger partial charge in [0.05, 0.1) is 39.2 Å². The van der Waals surface area contributed by atoms with E-state index in [1.807, 2.05) is 13.8 Å². The van der Waals surface area contributed by atoms with Gasteiger partial charge < -0.3 is 19.9 Å². The molecule has 7 heteroatoms. The molecular formula is C17H40F3NO3. The van der Waals surface area contributed by atoms with Crippen LogP contribution in [0.3, 0.4) is 0 Å². The van der Waals surface area contributed by atoms with Gasteiger partial charge in [0.1, 0.15) is 0 Å². The first kappa shape index (κ1) is 31.4. The molecule has 0 heterocycles. The van der Waals surface area contributed by atoms with Crippen molar-refractivity contribution >= 4 is 0 Å². The molecule has 0 aromatic heterocycles. The lowest BCUT2D eigenvalue weighted by molar-refractivity contribution is -0.0358. The Bertz CT molecular complexity index is 214. The number of rotatable bonds is 13. The topological polar surface area (TPSA) is 53.7 Å². The third kappa shape index (κ3) is 29.6. The van der Waals surface area contributed by atoms with Gasteiger partial charge in [0, 0.05) is 12.6 Å². The van der Waals surface area contributed by atoms with Crippen LogP contribution in [-0.2, 0) is 14.2 Å². The Morgan fingerprint density at radius 1 is 0.875 bits per heavy atom. The minimum Gasteiger partial charge on any atom is -0.378 e. The first-order chi connectivity index (χ1) is 10.5. The van der Waals surface area contributed by atoms with Gasteiger partial charge in [-0.2, -0.15) is 0 Å². The third-order valence-corrected chi connectivity index (χ3v) is 2.60. The average molecular weight is 364 g/mol. The van der Waals surface area contributed by atoms with Gasteiger partial charge in [-0.05, 0) is 32.6 Å². The lowest BCUT2D eigenvalue weighted by Gasteiger charge is -2.16. The highest BCUT2D eigenvalue weighted by atomic mass is 19.3.